The molecular formula is C22H21NO3. The maximum absolute atomic E-state index is 12.5. The van der Waals surface area contributed by atoms with E-state index in [-0.39, 0.29) is 5.63 Å². The van der Waals surface area contributed by atoms with Crippen LogP contribution >= 0.6 is 0 Å². The Hall–Kier alpha value is -2.75. The summed E-state index contributed by atoms with van der Waals surface area (Å²) in [7, 11) is 0. The zero-order valence-electron chi connectivity index (χ0n) is 14.9. The maximum atomic E-state index is 12.5. The highest BCUT2D eigenvalue weighted by atomic mass is 16.5. The van der Waals surface area contributed by atoms with E-state index >= 15 is 0 Å². The molecule has 5 rings (SSSR count). The highest BCUT2D eigenvalue weighted by Gasteiger charge is 2.25. The molecule has 1 aliphatic carbocycles. The summed E-state index contributed by atoms with van der Waals surface area (Å²) in [5.74, 6) is 0.820. The lowest BCUT2D eigenvalue weighted by Crippen LogP contribution is -2.32. The van der Waals surface area contributed by atoms with Crippen molar-refractivity contribution >= 4 is 16.7 Å². The molecule has 0 radical (unpaired) electrons. The highest BCUT2D eigenvalue weighted by molar-refractivity contribution is 5.86. The van der Waals surface area contributed by atoms with Gasteiger partial charge >= 0.3 is 5.63 Å². The van der Waals surface area contributed by atoms with Crippen LogP contribution in [0.3, 0.4) is 0 Å². The molecule has 0 bridgehead atoms. The number of hydrogen-bond acceptors (Lipinski definition) is 4. The van der Waals surface area contributed by atoms with Gasteiger partial charge in [-0.15, -0.1) is 0 Å². The van der Waals surface area contributed by atoms with Crippen molar-refractivity contribution in [2.45, 2.75) is 39.2 Å². The summed E-state index contributed by atoms with van der Waals surface area (Å²) < 4.78 is 11.8. The molecule has 2 aliphatic rings. The number of benzene rings is 2. The molecule has 1 aliphatic heterocycles. The largest absolute Gasteiger partial charge is 0.473 e. The smallest absolute Gasteiger partial charge is 0.339 e. The summed E-state index contributed by atoms with van der Waals surface area (Å²) in [4.78, 5) is 14.7. The predicted octanol–water partition coefficient (Wildman–Crippen LogP) is 4.34. The molecule has 0 saturated carbocycles. The van der Waals surface area contributed by atoms with E-state index in [0.29, 0.717) is 18.9 Å². The van der Waals surface area contributed by atoms with Crippen molar-refractivity contribution < 1.29 is 9.15 Å². The zero-order valence-corrected chi connectivity index (χ0v) is 14.9. The van der Waals surface area contributed by atoms with Gasteiger partial charge in [-0.05, 0) is 68.0 Å². The number of rotatable bonds is 1. The minimum atomic E-state index is -0.173. The van der Waals surface area contributed by atoms with Gasteiger partial charge in [-0.1, -0.05) is 12.1 Å². The Morgan fingerprint density at radius 3 is 2.69 bits per heavy atom. The molecule has 2 aromatic carbocycles. The van der Waals surface area contributed by atoms with E-state index in [1.54, 1.807) is 0 Å². The predicted molar refractivity (Wildman–Crippen MR) is 102 cm³/mol. The van der Waals surface area contributed by atoms with Crippen molar-refractivity contribution in [2.24, 2.45) is 0 Å². The molecule has 4 nitrogen and oxygen atoms in total. The average Bonchev–Trinajstić information content (AvgIpc) is 2.68. The first-order chi connectivity index (χ1) is 12.7. The lowest BCUT2D eigenvalue weighted by molar-refractivity contribution is 0.289. The van der Waals surface area contributed by atoms with Gasteiger partial charge in [0.2, 0.25) is 0 Å². The van der Waals surface area contributed by atoms with Gasteiger partial charge in [0.05, 0.1) is 12.1 Å². The second-order valence-corrected chi connectivity index (χ2v) is 7.28. The van der Waals surface area contributed by atoms with E-state index < -0.39 is 0 Å². The molecule has 1 aromatic heterocycles. The minimum absolute atomic E-state index is 0.173. The van der Waals surface area contributed by atoms with Crippen molar-refractivity contribution in [3.63, 3.8) is 0 Å². The summed E-state index contributed by atoms with van der Waals surface area (Å²) in [5, 5.41) is 1.08. The fraction of sp³-hybridized carbons (Fsp3) is 0.318. The normalized spacial score (nSPS) is 16.1. The van der Waals surface area contributed by atoms with Crippen LogP contribution in [0.2, 0.25) is 0 Å². The third kappa shape index (κ3) is 2.40. The van der Waals surface area contributed by atoms with Crippen molar-refractivity contribution in [1.82, 2.24) is 0 Å². The molecule has 0 fully saturated rings. The van der Waals surface area contributed by atoms with Crippen molar-refractivity contribution in [1.29, 1.82) is 0 Å². The fourth-order valence-corrected chi connectivity index (χ4v) is 4.21. The third-order valence-corrected chi connectivity index (χ3v) is 5.54. The molecule has 132 valence electrons. The number of fused-ring (bicyclic) bond motifs is 5. The lowest BCUT2D eigenvalue weighted by Gasteiger charge is -2.31. The van der Waals surface area contributed by atoms with Crippen LogP contribution in [0.1, 0.15) is 35.1 Å². The van der Waals surface area contributed by atoms with Crippen LogP contribution in [0.25, 0.3) is 11.0 Å². The average molecular weight is 347 g/mol. The van der Waals surface area contributed by atoms with E-state index in [1.807, 2.05) is 6.07 Å². The fourth-order valence-electron chi connectivity index (χ4n) is 4.21. The lowest BCUT2D eigenvalue weighted by atomic mass is 9.90. The standard InChI is InChI=1S/C22H21NO3/c1-14-5-4-6-15(11-14)23-12-19-20(25-13-23)10-9-17-16-7-2-3-8-18(16)22(24)26-21(17)19/h4-6,9-11H,2-3,7-8,12-13H2,1H3. The van der Waals surface area contributed by atoms with Gasteiger partial charge in [0.1, 0.15) is 11.3 Å². The molecule has 26 heavy (non-hydrogen) atoms. The topological polar surface area (TPSA) is 42.7 Å². The molecule has 4 heteroatoms. The number of anilines is 1. The minimum Gasteiger partial charge on any atom is -0.473 e. The second kappa shape index (κ2) is 5.90. The van der Waals surface area contributed by atoms with Gasteiger partial charge in [-0.25, -0.2) is 4.79 Å². The molecular weight excluding hydrogens is 326 g/mol. The van der Waals surface area contributed by atoms with Gasteiger partial charge in [0.15, 0.2) is 6.73 Å². The summed E-state index contributed by atoms with van der Waals surface area (Å²) >= 11 is 0. The second-order valence-electron chi connectivity index (χ2n) is 7.28. The molecule has 0 N–H and O–H groups in total. The first-order valence-electron chi connectivity index (χ1n) is 9.25. The first kappa shape index (κ1) is 15.5. The Morgan fingerprint density at radius 1 is 1.00 bits per heavy atom. The Bertz CT molecular complexity index is 1070. The molecule has 0 saturated heterocycles. The summed E-state index contributed by atoms with van der Waals surface area (Å²) in [6, 6.07) is 12.5. The van der Waals surface area contributed by atoms with E-state index in [9.17, 15) is 4.79 Å². The Kier molecular flexibility index (Phi) is 3.52. The van der Waals surface area contributed by atoms with Crippen LogP contribution < -0.4 is 15.3 Å². The van der Waals surface area contributed by atoms with Crippen LogP contribution in [0.4, 0.5) is 5.69 Å². The zero-order chi connectivity index (χ0) is 17.7. The van der Waals surface area contributed by atoms with E-state index in [0.717, 1.165) is 53.6 Å². The van der Waals surface area contributed by atoms with Crippen molar-refractivity contribution in [3.8, 4) is 5.75 Å². The SMILES string of the molecule is Cc1cccc(N2COc3ccc4c5c(c(=O)oc4c3C2)CCCC5)c1. The Labute approximate surface area is 152 Å². The maximum Gasteiger partial charge on any atom is 0.339 e. The van der Waals surface area contributed by atoms with Crippen LogP contribution in [-0.4, -0.2) is 6.73 Å². The molecule has 3 aromatic rings. The van der Waals surface area contributed by atoms with Gasteiger partial charge in [0, 0.05) is 16.6 Å². The number of hydrogen-bond donors (Lipinski definition) is 0. The van der Waals surface area contributed by atoms with Gasteiger partial charge in [-0.3, -0.25) is 0 Å². The van der Waals surface area contributed by atoms with E-state index in [2.05, 4.69) is 42.2 Å². The molecule has 0 atom stereocenters. The molecule has 0 spiro atoms. The van der Waals surface area contributed by atoms with Gasteiger partial charge < -0.3 is 14.1 Å². The quantitative estimate of drug-likeness (QED) is 0.614. The number of aryl methyl sites for hydroxylation is 2. The van der Waals surface area contributed by atoms with Crippen LogP contribution in [-0.2, 0) is 19.4 Å². The van der Waals surface area contributed by atoms with Crippen molar-refractivity contribution in [3.05, 3.63) is 69.1 Å². The van der Waals surface area contributed by atoms with Gasteiger partial charge in [-0.2, -0.15) is 0 Å². The third-order valence-electron chi connectivity index (χ3n) is 5.54. The Morgan fingerprint density at radius 2 is 1.85 bits per heavy atom. The first-order valence-corrected chi connectivity index (χ1v) is 9.25. The Balaban J connectivity index is 1.65. The summed E-state index contributed by atoms with van der Waals surface area (Å²) in [6.45, 7) is 3.26. The van der Waals surface area contributed by atoms with E-state index in [4.69, 9.17) is 9.15 Å². The highest BCUT2D eigenvalue weighted by Crippen LogP contribution is 2.36. The summed E-state index contributed by atoms with van der Waals surface area (Å²) in [5.41, 5.74) is 5.88. The number of nitrogens with zero attached hydrogens (tertiary/aromatic N) is 1. The molecule has 2 heterocycles. The van der Waals surface area contributed by atoms with E-state index in [1.165, 1.54) is 11.1 Å². The molecule has 0 unspecified atom stereocenters. The van der Waals surface area contributed by atoms with Crippen molar-refractivity contribution in [2.75, 3.05) is 11.6 Å². The van der Waals surface area contributed by atoms with Gasteiger partial charge in [0.25, 0.3) is 0 Å². The molecule has 0 amide bonds. The monoisotopic (exact) mass is 347 g/mol. The van der Waals surface area contributed by atoms with Crippen LogP contribution in [0.5, 0.6) is 5.75 Å². The number of ether oxygens (including phenoxy) is 1. The van der Waals surface area contributed by atoms with Crippen LogP contribution in [0.15, 0.2) is 45.6 Å². The van der Waals surface area contributed by atoms with Crippen LogP contribution in [0, 0.1) is 6.92 Å². The summed E-state index contributed by atoms with van der Waals surface area (Å²) in [6.07, 6.45) is 3.99.